The van der Waals surface area contributed by atoms with Crippen LogP contribution in [0.2, 0.25) is 0 Å². The number of hydrogen-bond acceptors (Lipinski definition) is 4. The third kappa shape index (κ3) is 4.47. The van der Waals surface area contributed by atoms with E-state index < -0.39 is 6.10 Å². The molecule has 0 aliphatic carbocycles. The molecule has 2 unspecified atom stereocenters. The fourth-order valence-corrected chi connectivity index (χ4v) is 3.10. The Balaban J connectivity index is 0.00000208. The fourth-order valence-electron chi connectivity index (χ4n) is 3.10. The molecule has 0 radical (unpaired) electrons. The first-order chi connectivity index (χ1) is 11.1. The molecule has 2 atom stereocenters. The van der Waals surface area contributed by atoms with Crippen molar-refractivity contribution in [2.75, 3.05) is 18.0 Å². The number of hydrogen-bond donors (Lipinski definition) is 3. The number of benzene rings is 1. The maximum absolute atomic E-state index is 12.0. The van der Waals surface area contributed by atoms with Gasteiger partial charge in [0.05, 0.1) is 12.1 Å². The van der Waals surface area contributed by atoms with Gasteiger partial charge in [0.2, 0.25) is 11.8 Å². The van der Waals surface area contributed by atoms with Gasteiger partial charge in [-0.25, -0.2) is 0 Å². The molecule has 2 aliphatic heterocycles. The highest BCUT2D eigenvalue weighted by molar-refractivity contribution is 5.94. The number of aliphatic hydroxyl groups is 1. The lowest BCUT2D eigenvalue weighted by Gasteiger charge is -2.26. The molecule has 2 fully saturated rings. The number of anilines is 1. The Morgan fingerprint density at radius 2 is 2.04 bits per heavy atom. The zero-order valence-electron chi connectivity index (χ0n) is 13.5. The summed E-state index contributed by atoms with van der Waals surface area (Å²) in [5.41, 5.74) is 1.91. The van der Waals surface area contributed by atoms with Crippen LogP contribution >= 0.6 is 12.4 Å². The maximum atomic E-state index is 12.0. The minimum atomic E-state index is -0.438. The summed E-state index contributed by atoms with van der Waals surface area (Å²) >= 11 is 0. The van der Waals surface area contributed by atoms with Crippen molar-refractivity contribution in [3.63, 3.8) is 0 Å². The average Bonchev–Trinajstić information content (AvgIpc) is 3.00. The number of piperidine rings is 1. The summed E-state index contributed by atoms with van der Waals surface area (Å²) in [6.45, 7) is 1.70. The maximum Gasteiger partial charge on any atom is 0.237 e. The van der Waals surface area contributed by atoms with Crippen molar-refractivity contribution < 1.29 is 14.7 Å². The van der Waals surface area contributed by atoms with E-state index >= 15 is 0 Å². The fraction of sp³-hybridized carbons (Fsp3) is 0.529. The van der Waals surface area contributed by atoms with Crippen molar-refractivity contribution in [2.45, 2.75) is 44.4 Å². The van der Waals surface area contributed by atoms with E-state index in [1.54, 1.807) is 0 Å². The van der Waals surface area contributed by atoms with Crippen LogP contribution in [0.5, 0.6) is 0 Å². The molecule has 24 heavy (non-hydrogen) atoms. The van der Waals surface area contributed by atoms with Crippen molar-refractivity contribution in [1.82, 2.24) is 10.6 Å². The van der Waals surface area contributed by atoms with Crippen molar-refractivity contribution in [3.05, 3.63) is 29.8 Å². The molecule has 3 N–H and O–H groups in total. The Kier molecular flexibility index (Phi) is 6.60. The van der Waals surface area contributed by atoms with Crippen molar-refractivity contribution in [1.29, 1.82) is 0 Å². The van der Waals surface area contributed by atoms with Gasteiger partial charge in [-0.15, -0.1) is 12.4 Å². The summed E-state index contributed by atoms with van der Waals surface area (Å²) in [5, 5.41) is 15.3. The number of amides is 2. The Bertz CT molecular complexity index is 579. The topological polar surface area (TPSA) is 81.7 Å². The molecule has 2 heterocycles. The van der Waals surface area contributed by atoms with Gasteiger partial charge in [-0.1, -0.05) is 12.1 Å². The standard InChI is InChI=1S/C17H23N3O3.ClH/c21-14-9-15(18-11-14)17(23)19-10-12-4-6-13(7-5-12)20-8-2-1-3-16(20)22;/h4-7,14-15,18,21H,1-3,8-11H2,(H,19,23);1H. The third-order valence-electron chi connectivity index (χ3n) is 4.46. The van der Waals surface area contributed by atoms with E-state index in [1.807, 2.05) is 29.2 Å². The molecule has 132 valence electrons. The van der Waals surface area contributed by atoms with Gasteiger partial charge in [-0.2, -0.15) is 0 Å². The molecule has 2 aliphatic rings. The summed E-state index contributed by atoms with van der Waals surface area (Å²) in [7, 11) is 0. The van der Waals surface area contributed by atoms with Crippen LogP contribution < -0.4 is 15.5 Å². The Morgan fingerprint density at radius 1 is 1.29 bits per heavy atom. The Morgan fingerprint density at radius 3 is 2.67 bits per heavy atom. The second-order valence-electron chi connectivity index (χ2n) is 6.24. The zero-order chi connectivity index (χ0) is 16.2. The predicted octanol–water partition coefficient (Wildman–Crippen LogP) is 0.964. The van der Waals surface area contributed by atoms with E-state index in [9.17, 15) is 14.7 Å². The van der Waals surface area contributed by atoms with E-state index in [1.165, 1.54) is 0 Å². The van der Waals surface area contributed by atoms with Gasteiger partial charge in [0, 0.05) is 31.7 Å². The number of nitrogens with zero attached hydrogens (tertiary/aromatic N) is 1. The first kappa shape index (κ1) is 18.7. The summed E-state index contributed by atoms with van der Waals surface area (Å²) in [5.74, 6) is 0.0972. The highest BCUT2D eigenvalue weighted by Crippen LogP contribution is 2.21. The first-order valence-electron chi connectivity index (χ1n) is 8.22. The number of aliphatic hydroxyl groups excluding tert-OH is 1. The van der Waals surface area contributed by atoms with Gasteiger partial charge >= 0.3 is 0 Å². The summed E-state index contributed by atoms with van der Waals surface area (Å²) in [4.78, 5) is 25.7. The van der Waals surface area contributed by atoms with Gasteiger partial charge in [-0.05, 0) is 37.0 Å². The number of carbonyl (C=O) groups is 2. The SMILES string of the molecule is Cl.O=C(NCc1ccc(N2CCCCC2=O)cc1)C1CC(O)CN1. The smallest absolute Gasteiger partial charge is 0.237 e. The molecular formula is C17H24ClN3O3. The van der Waals surface area contributed by atoms with Crippen LogP contribution in [0.1, 0.15) is 31.2 Å². The van der Waals surface area contributed by atoms with Crippen molar-refractivity contribution in [3.8, 4) is 0 Å². The zero-order valence-corrected chi connectivity index (χ0v) is 14.3. The normalized spacial score (nSPS) is 23.7. The van der Waals surface area contributed by atoms with Crippen molar-refractivity contribution >= 4 is 29.9 Å². The minimum Gasteiger partial charge on any atom is -0.392 e. The number of rotatable bonds is 4. The molecule has 0 aromatic heterocycles. The van der Waals surface area contributed by atoms with Gasteiger partial charge < -0.3 is 20.6 Å². The molecule has 1 aromatic carbocycles. The highest BCUT2D eigenvalue weighted by Gasteiger charge is 2.27. The molecular weight excluding hydrogens is 330 g/mol. The van der Waals surface area contributed by atoms with Crippen LogP contribution in [0.15, 0.2) is 24.3 Å². The minimum absolute atomic E-state index is 0. The Labute approximate surface area is 148 Å². The largest absolute Gasteiger partial charge is 0.392 e. The predicted molar refractivity (Wildman–Crippen MR) is 94.2 cm³/mol. The monoisotopic (exact) mass is 353 g/mol. The van der Waals surface area contributed by atoms with Crippen LogP contribution in [0.3, 0.4) is 0 Å². The van der Waals surface area contributed by atoms with Crippen molar-refractivity contribution in [2.24, 2.45) is 0 Å². The molecule has 0 spiro atoms. The summed E-state index contributed by atoms with van der Waals surface area (Å²) in [6, 6.07) is 7.43. The van der Waals surface area contributed by atoms with E-state index in [4.69, 9.17) is 0 Å². The van der Waals surface area contributed by atoms with Crippen LogP contribution in [0.25, 0.3) is 0 Å². The number of β-amino-alcohol motifs (C(OH)–C–C–N with tert-alkyl or cyclic N) is 1. The molecule has 3 rings (SSSR count). The van der Waals surface area contributed by atoms with Crippen LogP contribution in [-0.4, -0.2) is 42.2 Å². The summed E-state index contributed by atoms with van der Waals surface area (Å²) in [6.07, 6.45) is 2.67. The molecule has 1 aromatic rings. The average molecular weight is 354 g/mol. The molecule has 7 heteroatoms. The lowest BCUT2D eigenvalue weighted by molar-refractivity contribution is -0.123. The number of halogens is 1. The Hall–Kier alpha value is -1.63. The van der Waals surface area contributed by atoms with Gasteiger partial charge in [-0.3, -0.25) is 9.59 Å². The molecule has 2 saturated heterocycles. The second-order valence-corrected chi connectivity index (χ2v) is 6.24. The first-order valence-corrected chi connectivity index (χ1v) is 8.22. The van der Waals surface area contributed by atoms with Gasteiger partial charge in [0.25, 0.3) is 0 Å². The van der Waals surface area contributed by atoms with E-state index in [0.29, 0.717) is 25.9 Å². The second kappa shape index (κ2) is 8.46. The highest BCUT2D eigenvalue weighted by atomic mass is 35.5. The molecule has 0 saturated carbocycles. The molecule has 6 nitrogen and oxygen atoms in total. The van der Waals surface area contributed by atoms with Crippen LogP contribution in [0.4, 0.5) is 5.69 Å². The van der Waals surface area contributed by atoms with Crippen LogP contribution in [0, 0.1) is 0 Å². The molecule has 2 amide bonds. The van der Waals surface area contributed by atoms with Crippen LogP contribution in [-0.2, 0) is 16.1 Å². The quantitative estimate of drug-likeness (QED) is 0.753. The van der Waals surface area contributed by atoms with E-state index in [0.717, 1.165) is 30.6 Å². The lowest BCUT2D eigenvalue weighted by atomic mass is 10.1. The van der Waals surface area contributed by atoms with Gasteiger partial charge in [0.15, 0.2) is 0 Å². The number of carbonyl (C=O) groups excluding carboxylic acids is 2. The lowest BCUT2D eigenvalue weighted by Crippen LogP contribution is -2.40. The number of nitrogens with one attached hydrogen (secondary N) is 2. The van der Waals surface area contributed by atoms with E-state index in [-0.39, 0.29) is 30.3 Å². The third-order valence-corrected chi connectivity index (χ3v) is 4.46. The van der Waals surface area contributed by atoms with E-state index in [2.05, 4.69) is 10.6 Å². The molecule has 0 bridgehead atoms. The summed E-state index contributed by atoms with van der Waals surface area (Å²) < 4.78 is 0. The van der Waals surface area contributed by atoms with Gasteiger partial charge in [0.1, 0.15) is 0 Å².